The molecule has 0 unspecified atom stereocenters. The first kappa shape index (κ1) is 18.2. The summed E-state index contributed by atoms with van der Waals surface area (Å²) in [5.74, 6) is 1.85. The van der Waals surface area contributed by atoms with Crippen molar-refractivity contribution in [1.29, 1.82) is 0 Å². The average Bonchev–Trinajstić information content (AvgIpc) is 3.42. The molecule has 1 saturated carbocycles. The van der Waals surface area contributed by atoms with Crippen molar-refractivity contribution in [2.75, 3.05) is 39.8 Å². The first-order valence-corrected chi connectivity index (χ1v) is 9.42. The number of carbonyl (C=O) groups excluding carboxylic acids is 1. The number of rotatable bonds is 7. The minimum absolute atomic E-state index is 0.174. The number of hydrogen-bond acceptors (Lipinski definition) is 4. The maximum atomic E-state index is 12.2. The largest absolute Gasteiger partial charge is 0.496 e. The minimum Gasteiger partial charge on any atom is -0.496 e. The zero-order valence-corrected chi connectivity index (χ0v) is 15.8. The average molecular weight is 345 g/mol. The van der Waals surface area contributed by atoms with Crippen LogP contribution in [0, 0.1) is 12.8 Å². The smallest absolute Gasteiger partial charge is 0.234 e. The first-order chi connectivity index (χ1) is 12.0. The van der Waals surface area contributed by atoms with Crippen molar-refractivity contribution in [1.82, 2.24) is 15.1 Å². The van der Waals surface area contributed by atoms with Crippen LogP contribution in [0.4, 0.5) is 0 Å². The van der Waals surface area contributed by atoms with E-state index in [1.54, 1.807) is 7.11 Å². The molecule has 0 radical (unpaired) electrons. The van der Waals surface area contributed by atoms with Gasteiger partial charge in [-0.3, -0.25) is 14.6 Å². The number of methoxy groups -OCH3 is 1. The molecule has 0 aromatic heterocycles. The normalized spacial score (nSPS) is 20.3. The van der Waals surface area contributed by atoms with Gasteiger partial charge in [0, 0.05) is 44.3 Å². The number of nitrogens with one attached hydrogen (secondary N) is 1. The molecule has 3 rings (SSSR count). The van der Waals surface area contributed by atoms with Crippen molar-refractivity contribution >= 4 is 5.91 Å². The fraction of sp³-hybridized carbons (Fsp3) is 0.650. The van der Waals surface area contributed by atoms with Gasteiger partial charge in [-0.25, -0.2) is 0 Å². The molecule has 1 atom stereocenters. The van der Waals surface area contributed by atoms with Crippen LogP contribution in [-0.4, -0.2) is 61.6 Å². The molecule has 1 aromatic carbocycles. The van der Waals surface area contributed by atoms with Crippen molar-refractivity contribution < 1.29 is 9.53 Å². The molecule has 0 spiro atoms. The Labute approximate surface area is 151 Å². The number of benzene rings is 1. The van der Waals surface area contributed by atoms with Crippen molar-refractivity contribution in [3.05, 3.63) is 29.3 Å². The standard InChI is InChI=1S/C20H31N3O2/c1-15-4-7-19(25-3)18(12-15)13-22-8-10-23(11-9-22)14-20(24)21-16(2)17-5-6-17/h4,7,12,16-17H,5-6,8-11,13-14H2,1-3H3,(H,21,24)/t16-/m1/s1. The van der Waals surface area contributed by atoms with Gasteiger partial charge in [0.05, 0.1) is 13.7 Å². The fourth-order valence-corrected chi connectivity index (χ4v) is 3.59. The van der Waals surface area contributed by atoms with E-state index < -0.39 is 0 Å². The van der Waals surface area contributed by atoms with Gasteiger partial charge in [-0.1, -0.05) is 17.7 Å². The number of ether oxygens (including phenoxy) is 1. The fourth-order valence-electron chi connectivity index (χ4n) is 3.59. The highest BCUT2D eigenvalue weighted by molar-refractivity contribution is 5.78. The summed E-state index contributed by atoms with van der Waals surface area (Å²) in [6.07, 6.45) is 2.53. The number of amides is 1. The van der Waals surface area contributed by atoms with Gasteiger partial charge in [-0.2, -0.15) is 0 Å². The predicted octanol–water partition coefficient (Wildman–Crippen LogP) is 2.04. The van der Waals surface area contributed by atoms with E-state index in [1.165, 1.54) is 24.0 Å². The molecule has 1 aliphatic carbocycles. The van der Waals surface area contributed by atoms with Crippen LogP contribution in [0.5, 0.6) is 5.75 Å². The molecule has 5 heteroatoms. The third-order valence-corrected chi connectivity index (χ3v) is 5.38. The van der Waals surface area contributed by atoms with Crippen molar-refractivity contribution in [3.8, 4) is 5.75 Å². The Morgan fingerprint density at radius 3 is 2.56 bits per heavy atom. The molecular weight excluding hydrogens is 314 g/mol. The monoisotopic (exact) mass is 345 g/mol. The third kappa shape index (κ3) is 5.19. The van der Waals surface area contributed by atoms with Crippen LogP contribution in [0.25, 0.3) is 0 Å². The summed E-state index contributed by atoms with van der Waals surface area (Å²) in [6.45, 7) is 9.54. The minimum atomic E-state index is 0.174. The van der Waals surface area contributed by atoms with Gasteiger partial charge in [0.1, 0.15) is 5.75 Å². The van der Waals surface area contributed by atoms with E-state index in [4.69, 9.17) is 4.74 Å². The van der Waals surface area contributed by atoms with E-state index in [9.17, 15) is 4.79 Å². The van der Waals surface area contributed by atoms with Gasteiger partial charge < -0.3 is 10.1 Å². The third-order valence-electron chi connectivity index (χ3n) is 5.38. The molecule has 2 aliphatic rings. The highest BCUT2D eigenvalue weighted by Crippen LogP contribution is 2.32. The predicted molar refractivity (Wildman–Crippen MR) is 99.8 cm³/mol. The lowest BCUT2D eigenvalue weighted by molar-refractivity contribution is -0.123. The lowest BCUT2D eigenvalue weighted by Crippen LogP contribution is -2.50. The van der Waals surface area contributed by atoms with Crippen LogP contribution in [0.3, 0.4) is 0 Å². The summed E-state index contributed by atoms with van der Waals surface area (Å²) in [5.41, 5.74) is 2.50. The van der Waals surface area contributed by atoms with E-state index >= 15 is 0 Å². The summed E-state index contributed by atoms with van der Waals surface area (Å²) in [5, 5.41) is 3.15. The first-order valence-electron chi connectivity index (χ1n) is 9.42. The van der Waals surface area contributed by atoms with Crippen molar-refractivity contribution in [2.24, 2.45) is 5.92 Å². The molecule has 1 aromatic rings. The van der Waals surface area contributed by atoms with Gasteiger partial charge in [-0.05, 0) is 38.7 Å². The van der Waals surface area contributed by atoms with Crippen LogP contribution in [-0.2, 0) is 11.3 Å². The molecule has 1 heterocycles. The Bertz CT molecular complexity index is 593. The summed E-state index contributed by atoms with van der Waals surface area (Å²) in [6, 6.07) is 6.67. The van der Waals surface area contributed by atoms with E-state index in [0.29, 0.717) is 18.5 Å². The van der Waals surface area contributed by atoms with Crippen LogP contribution in [0.15, 0.2) is 18.2 Å². The van der Waals surface area contributed by atoms with Crippen molar-refractivity contribution in [3.63, 3.8) is 0 Å². The molecular formula is C20H31N3O2. The quantitative estimate of drug-likeness (QED) is 0.821. The number of piperazine rings is 1. The number of carbonyl (C=O) groups is 1. The Morgan fingerprint density at radius 2 is 1.92 bits per heavy atom. The van der Waals surface area contributed by atoms with Crippen LogP contribution >= 0.6 is 0 Å². The van der Waals surface area contributed by atoms with Gasteiger partial charge in [0.25, 0.3) is 0 Å². The second-order valence-corrected chi connectivity index (χ2v) is 7.56. The lowest BCUT2D eigenvalue weighted by Gasteiger charge is -2.34. The summed E-state index contributed by atoms with van der Waals surface area (Å²) < 4.78 is 5.49. The molecule has 1 amide bonds. The second-order valence-electron chi connectivity index (χ2n) is 7.56. The summed E-state index contributed by atoms with van der Waals surface area (Å²) >= 11 is 0. The molecule has 25 heavy (non-hydrogen) atoms. The van der Waals surface area contributed by atoms with Gasteiger partial charge in [0.2, 0.25) is 5.91 Å². The number of nitrogens with zero attached hydrogens (tertiary/aromatic N) is 2. The van der Waals surface area contributed by atoms with Crippen LogP contribution in [0.2, 0.25) is 0 Å². The van der Waals surface area contributed by atoms with E-state index in [2.05, 4.69) is 41.1 Å². The second kappa shape index (κ2) is 8.19. The molecule has 5 nitrogen and oxygen atoms in total. The van der Waals surface area contributed by atoms with E-state index in [-0.39, 0.29) is 5.91 Å². The zero-order valence-electron chi connectivity index (χ0n) is 15.8. The van der Waals surface area contributed by atoms with Gasteiger partial charge in [0.15, 0.2) is 0 Å². The highest BCUT2D eigenvalue weighted by atomic mass is 16.5. The Hall–Kier alpha value is -1.59. The van der Waals surface area contributed by atoms with Crippen LogP contribution in [0.1, 0.15) is 30.9 Å². The lowest BCUT2D eigenvalue weighted by atomic mass is 10.1. The topological polar surface area (TPSA) is 44.8 Å². The Morgan fingerprint density at radius 1 is 1.24 bits per heavy atom. The summed E-state index contributed by atoms with van der Waals surface area (Å²) in [7, 11) is 1.73. The highest BCUT2D eigenvalue weighted by Gasteiger charge is 2.29. The van der Waals surface area contributed by atoms with Gasteiger partial charge >= 0.3 is 0 Å². The molecule has 1 saturated heterocycles. The van der Waals surface area contributed by atoms with E-state index in [0.717, 1.165) is 38.5 Å². The zero-order chi connectivity index (χ0) is 17.8. The number of aryl methyl sites for hydroxylation is 1. The summed E-state index contributed by atoms with van der Waals surface area (Å²) in [4.78, 5) is 16.9. The maximum Gasteiger partial charge on any atom is 0.234 e. The molecule has 0 bridgehead atoms. The molecule has 2 fully saturated rings. The SMILES string of the molecule is COc1ccc(C)cc1CN1CCN(CC(=O)N[C@H](C)C2CC2)CC1. The molecule has 138 valence electrons. The van der Waals surface area contributed by atoms with Gasteiger partial charge in [-0.15, -0.1) is 0 Å². The van der Waals surface area contributed by atoms with Crippen molar-refractivity contribution in [2.45, 2.75) is 39.3 Å². The van der Waals surface area contributed by atoms with Crippen LogP contribution < -0.4 is 10.1 Å². The Kier molecular flexibility index (Phi) is 5.97. The Balaban J connectivity index is 1.44. The number of hydrogen-bond donors (Lipinski definition) is 1. The van der Waals surface area contributed by atoms with E-state index in [1.807, 2.05) is 6.07 Å². The maximum absolute atomic E-state index is 12.2. The molecule has 1 aliphatic heterocycles. The molecule has 1 N–H and O–H groups in total.